The van der Waals surface area contributed by atoms with Crippen molar-refractivity contribution in [3.63, 3.8) is 0 Å². The number of hydrogen-bond acceptors (Lipinski definition) is 5. The molecule has 1 saturated heterocycles. The SMILES string of the molecule is CC(C)(C)OC(=O)NCc1cccc(N2CC(S(N)(=O)=O)CC2=O)c1. The Morgan fingerprint density at radius 1 is 1.40 bits per heavy atom. The van der Waals surface area contributed by atoms with Gasteiger partial charge in [0.05, 0.1) is 0 Å². The lowest BCUT2D eigenvalue weighted by atomic mass is 10.2. The lowest BCUT2D eigenvalue weighted by Crippen LogP contribution is -2.32. The predicted octanol–water partition coefficient (Wildman–Crippen LogP) is 1.11. The van der Waals surface area contributed by atoms with E-state index in [1.165, 1.54) is 4.90 Å². The molecule has 1 unspecified atom stereocenters. The van der Waals surface area contributed by atoms with Gasteiger partial charge in [-0.3, -0.25) is 4.79 Å². The number of amides is 2. The molecule has 1 aliphatic heterocycles. The molecule has 1 aromatic carbocycles. The summed E-state index contributed by atoms with van der Waals surface area (Å²) in [7, 11) is -3.76. The fraction of sp³-hybridized carbons (Fsp3) is 0.500. The molecule has 1 atom stereocenters. The first-order valence-electron chi connectivity index (χ1n) is 7.83. The minimum atomic E-state index is -3.76. The lowest BCUT2D eigenvalue weighted by molar-refractivity contribution is -0.117. The normalized spacial score (nSPS) is 18.3. The van der Waals surface area contributed by atoms with E-state index in [0.717, 1.165) is 5.56 Å². The number of ether oxygens (including phenoxy) is 1. The molecular weight excluding hydrogens is 346 g/mol. The van der Waals surface area contributed by atoms with Crippen LogP contribution in [0.2, 0.25) is 0 Å². The van der Waals surface area contributed by atoms with Crippen LogP contribution in [0.5, 0.6) is 0 Å². The van der Waals surface area contributed by atoms with Crippen molar-refractivity contribution in [1.82, 2.24) is 5.32 Å². The van der Waals surface area contributed by atoms with Gasteiger partial charge in [-0.25, -0.2) is 18.4 Å². The summed E-state index contributed by atoms with van der Waals surface area (Å²) in [6.45, 7) is 5.57. The summed E-state index contributed by atoms with van der Waals surface area (Å²) in [4.78, 5) is 25.2. The zero-order valence-electron chi connectivity index (χ0n) is 14.5. The molecule has 2 rings (SSSR count). The van der Waals surface area contributed by atoms with Crippen molar-refractivity contribution in [2.45, 2.75) is 44.6 Å². The summed E-state index contributed by atoms with van der Waals surface area (Å²) in [5.74, 6) is -0.295. The number of carbonyl (C=O) groups excluding carboxylic acids is 2. The van der Waals surface area contributed by atoms with Gasteiger partial charge in [0, 0.05) is 25.2 Å². The first kappa shape index (κ1) is 19.2. The van der Waals surface area contributed by atoms with Gasteiger partial charge in [0.15, 0.2) is 0 Å². The number of nitrogens with zero attached hydrogens (tertiary/aromatic N) is 1. The third-order valence-electron chi connectivity index (χ3n) is 3.61. The summed E-state index contributed by atoms with van der Waals surface area (Å²) >= 11 is 0. The molecule has 0 aliphatic carbocycles. The fourth-order valence-corrected chi connectivity index (χ4v) is 3.20. The number of nitrogens with two attached hydrogens (primary N) is 1. The minimum absolute atomic E-state index is 0.0284. The van der Waals surface area contributed by atoms with Gasteiger partial charge in [0.1, 0.15) is 10.9 Å². The highest BCUT2D eigenvalue weighted by Gasteiger charge is 2.37. The zero-order valence-corrected chi connectivity index (χ0v) is 15.3. The van der Waals surface area contributed by atoms with E-state index in [4.69, 9.17) is 9.88 Å². The minimum Gasteiger partial charge on any atom is -0.444 e. The molecule has 1 aliphatic rings. The number of alkyl carbamates (subject to hydrolysis) is 1. The second kappa shape index (κ2) is 7.01. The van der Waals surface area contributed by atoms with Crippen molar-refractivity contribution < 1.29 is 22.7 Å². The molecule has 1 heterocycles. The maximum absolute atomic E-state index is 12.1. The molecule has 138 valence electrons. The lowest BCUT2D eigenvalue weighted by Gasteiger charge is -2.20. The van der Waals surface area contributed by atoms with Gasteiger partial charge in [-0.15, -0.1) is 0 Å². The van der Waals surface area contributed by atoms with Crippen LogP contribution in [-0.4, -0.2) is 37.8 Å². The van der Waals surface area contributed by atoms with Crippen molar-refractivity contribution >= 4 is 27.7 Å². The molecule has 0 saturated carbocycles. The molecule has 2 amide bonds. The second-order valence-electron chi connectivity index (χ2n) is 6.94. The van der Waals surface area contributed by atoms with Crippen LogP contribution in [0.15, 0.2) is 24.3 Å². The van der Waals surface area contributed by atoms with Gasteiger partial charge >= 0.3 is 6.09 Å². The molecule has 8 nitrogen and oxygen atoms in total. The molecule has 0 radical (unpaired) electrons. The van der Waals surface area contributed by atoms with E-state index in [-0.39, 0.29) is 25.4 Å². The number of nitrogens with one attached hydrogen (secondary N) is 1. The third-order valence-corrected chi connectivity index (χ3v) is 4.86. The highest BCUT2D eigenvalue weighted by molar-refractivity contribution is 7.89. The number of anilines is 1. The van der Waals surface area contributed by atoms with Crippen molar-refractivity contribution in [2.24, 2.45) is 5.14 Å². The quantitative estimate of drug-likeness (QED) is 0.824. The van der Waals surface area contributed by atoms with Gasteiger partial charge in [-0.05, 0) is 38.5 Å². The number of benzene rings is 1. The molecular formula is C16H23N3O5S. The van der Waals surface area contributed by atoms with Crippen molar-refractivity contribution in [3.05, 3.63) is 29.8 Å². The average Bonchev–Trinajstić information content (AvgIpc) is 2.86. The van der Waals surface area contributed by atoms with Gasteiger partial charge in [-0.2, -0.15) is 0 Å². The Balaban J connectivity index is 2.04. The Morgan fingerprint density at radius 2 is 2.08 bits per heavy atom. The number of carbonyl (C=O) groups is 2. The maximum atomic E-state index is 12.1. The smallest absolute Gasteiger partial charge is 0.407 e. The van der Waals surface area contributed by atoms with Crippen LogP contribution < -0.4 is 15.4 Å². The molecule has 1 aromatic rings. The molecule has 0 spiro atoms. The summed E-state index contributed by atoms with van der Waals surface area (Å²) in [6, 6.07) is 6.96. The third kappa shape index (κ3) is 5.43. The van der Waals surface area contributed by atoms with E-state index in [9.17, 15) is 18.0 Å². The maximum Gasteiger partial charge on any atom is 0.407 e. The van der Waals surface area contributed by atoms with Crippen LogP contribution in [-0.2, 0) is 26.1 Å². The van der Waals surface area contributed by atoms with E-state index in [1.807, 2.05) is 0 Å². The molecule has 3 N–H and O–H groups in total. The summed E-state index contributed by atoms with van der Waals surface area (Å²) in [5.41, 5.74) is 0.742. The van der Waals surface area contributed by atoms with Gasteiger partial charge in [0.2, 0.25) is 15.9 Å². The van der Waals surface area contributed by atoms with Gasteiger partial charge in [-0.1, -0.05) is 12.1 Å². The van der Waals surface area contributed by atoms with E-state index >= 15 is 0 Å². The molecule has 25 heavy (non-hydrogen) atoms. The molecule has 0 bridgehead atoms. The monoisotopic (exact) mass is 369 g/mol. The van der Waals surface area contributed by atoms with Crippen LogP contribution in [0.25, 0.3) is 0 Å². The number of sulfonamides is 1. The molecule has 1 fully saturated rings. The zero-order chi connectivity index (χ0) is 18.8. The Bertz CT molecular complexity index is 770. The Labute approximate surface area is 147 Å². The van der Waals surface area contributed by atoms with Gasteiger partial charge in [0.25, 0.3) is 0 Å². The van der Waals surface area contributed by atoms with Gasteiger partial charge < -0.3 is 15.0 Å². The Morgan fingerprint density at radius 3 is 2.64 bits per heavy atom. The van der Waals surface area contributed by atoms with Crippen LogP contribution >= 0.6 is 0 Å². The summed E-state index contributed by atoms with van der Waals surface area (Å²) in [6.07, 6.45) is -0.663. The standard InChI is InChI=1S/C16H23N3O5S/c1-16(2,3)24-15(21)18-9-11-5-4-6-12(7-11)19-10-13(8-14(19)20)25(17,22)23/h4-7,13H,8-10H2,1-3H3,(H,18,21)(H2,17,22,23). The van der Waals surface area contributed by atoms with Crippen molar-refractivity contribution in [3.8, 4) is 0 Å². The van der Waals surface area contributed by atoms with E-state index in [1.54, 1.807) is 45.0 Å². The second-order valence-corrected chi connectivity index (χ2v) is 8.79. The van der Waals surface area contributed by atoms with Crippen molar-refractivity contribution in [2.75, 3.05) is 11.4 Å². The predicted molar refractivity (Wildman–Crippen MR) is 93.4 cm³/mol. The highest BCUT2D eigenvalue weighted by atomic mass is 32.2. The first-order valence-corrected chi connectivity index (χ1v) is 9.44. The van der Waals surface area contributed by atoms with Crippen LogP contribution in [0.3, 0.4) is 0 Å². The molecule has 0 aromatic heterocycles. The number of hydrogen-bond donors (Lipinski definition) is 2. The highest BCUT2D eigenvalue weighted by Crippen LogP contribution is 2.25. The summed E-state index contributed by atoms with van der Waals surface area (Å²) < 4.78 is 28.1. The first-order chi connectivity index (χ1) is 11.5. The van der Waals surface area contributed by atoms with Crippen molar-refractivity contribution in [1.29, 1.82) is 0 Å². The molecule has 9 heteroatoms. The van der Waals surface area contributed by atoms with Crippen LogP contribution in [0.4, 0.5) is 10.5 Å². The largest absolute Gasteiger partial charge is 0.444 e. The fourth-order valence-electron chi connectivity index (χ4n) is 2.47. The topological polar surface area (TPSA) is 119 Å². The Kier molecular flexibility index (Phi) is 5.38. The van der Waals surface area contributed by atoms with Crippen LogP contribution in [0, 0.1) is 0 Å². The van der Waals surface area contributed by atoms with E-state index in [2.05, 4.69) is 5.32 Å². The van der Waals surface area contributed by atoms with Crippen LogP contribution in [0.1, 0.15) is 32.8 Å². The van der Waals surface area contributed by atoms with E-state index < -0.39 is 27.0 Å². The average molecular weight is 369 g/mol. The summed E-state index contributed by atoms with van der Waals surface area (Å²) in [5, 5.41) is 6.87. The van der Waals surface area contributed by atoms with E-state index in [0.29, 0.717) is 5.69 Å². The number of rotatable bonds is 4. The number of primary sulfonamides is 1. The Hall–Kier alpha value is -2.13.